The Labute approximate surface area is 233 Å². The highest BCUT2D eigenvalue weighted by Gasteiger charge is 2.40. The lowest BCUT2D eigenvalue weighted by atomic mass is 10.1. The maximum atomic E-state index is 11.7. The number of carbonyl (C=O) groups excluding carboxylic acids is 1. The van der Waals surface area contributed by atoms with Crippen molar-refractivity contribution in [1.29, 1.82) is 0 Å². The summed E-state index contributed by atoms with van der Waals surface area (Å²) in [6.45, 7) is 8.89. The van der Waals surface area contributed by atoms with Crippen LogP contribution in [-0.2, 0) is 23.6 Å². The van der Waals surface area contributed by atoms with Crippen molar-refractivity contribution < 1.29 is 28.7 Å². The molecule has 0 heterocycles. The van der Waals surface area contributed by atoms with Gasteiger partial charge < -0.3 is 19.3 Å². The van der Waals surface area contributed by atoms with E-state index in [2.05, 4.69) is 32.5 Å². The van der Waals surface area contributed by atoms with Crippen LogP contribution in [0.5, 0.6) is 0 Å². The number of thioether (sulfide) groups is 1. The highest BCUT2D eigenvalue weighted by molar-refractivity contribution is 7.99. The Bertz CT molecular complexity index is 539. The number of unbranched alkanes of at least 4 members (excludes halogenated alkanes) is 13. The fourth-order valence-electron chi connectivity index (χ4n) is 4.22. The normalized spacial score (nSPS) is 14.9. The van der Waals surface area contributed by atoms with Gasteiger partial charge >= 0.3 is 11.5 Å². The second-order valence-corrected chi connectivity index (χ2v) is 12.1. The third-order valence-corrected chi connectivity index (χ3v) is 8.71. The molecule has 0 aliphatic rings. The first-order valence-electron chi connectivity index (χ1n) is 15.1. The summed E-state index contributed by atoms with van der Waals surface area (Å²) in [5.41, 5.74) is -2.44. The van der Waals surface area contributed by atoms with Crippen LogP contribution in [-0.4, -0.2) is 53.5 Å². The number of rotatable bonds is 28. The van der Waals surface area contributed by atoms with Crippen LogP contribution in [0, 0.1) is 0 Å². The van der Waals surface area contributed by atoms with E-state index < -0.39 is 20.0 Å². The second-order valence-electron chi connectivity index (χ2n) is 9.99. The second kappa shape index (κ2) is 26.0. The molecule has 0 radical (unpaired) electrons. The summed E-state index contributed by atoms with van der Waals surface area (Å²) >= 11 is 2.05. The van der Waals surface area contributed by atoms with Crippen molar-refractivity contribution >= 4 is 26.2 Å². The van der Waals surface area contributed by atoms with E-state index in [-0.39, 0.29) is 19.3 Å². The molecule has 37 heavy (non-hydrogen) atoms. The number of aliphatic hydroxyl groups is 1. The van der Waals surface area contributed by atoms with E-state index in [1.807, 2.05) is 0 Å². The Balaban J connectivity index is 4.36. The number of hydrogen-bond donors (Lipinski definition) is 1. The molecule has 0 rings (SSSR count). The molecule has 3 unspecified atom stereocenters. The Hall–Kier alpha value is -0.200. The number of ether oxygens (including phenoxy) is 3. The predicted molar refractivity (Wildman–Crippen MR) is 157 cm³/mol. The summed E-state index contributed by atoms with van der Waals surface area (Å²) in [4.78, 5) is 11.7. The van der Waals surface area contributed by atoms with Gasteiger partial charge in [0, 0.05) is 11.9 Å². The van der Waals surface area contributed by atoms with Gasteiger partial charge in [0.05, 0.1) is 19.3 Å². The van der Waals surface area contributed by atoms with Gasteiger partial charge in [-0.25, -0.2) is 4.79 Å². The molecule has 0 bridgehead atoms. The van der Waals surface area contributed by atoms with E-state index in [4.69, 9.17) is 14.2 Å². The standard InChI is InChI=1S/C29H57O6PS/c1-5-8-10-12-14-16-18-20-25-37-27(22-19-17-15-13-11-9-6-2)26(4)34-23-21-24-35-29(31,36-32)28(30)33-7-3/h26-27,31H,5-25H2,1-4H3. The zero-order chi connectivity index (χ0) is 27.6. The molecule has 0 spiro atoms. The van der Waals surface area contributed by atoms with E-state index in [1.165, 1.54) is 108 Å². The minimum absolute atomic E-state index is 0.0606. The van der Waals surface area contributed by atoms with Gasteiger partial charge in [-0.1, -0.05) is 104 Å². The van der Waals surface area contributed by atoms with Crippen molar-refractivity contribution in [3.05, 3.63) is 0 Å². The zero-order valence-electron chi connectivity index (χ0n) is 24.3. The van der Waals surface area contributed by atoms with Crippen LogP contribution in [0.25, 0.3) is 0 Å². The highest BCUT2D eigenvalue weighted by atomic mass is 32.2. The minimum Gasteiger partial charge on any atom is -0.461 e. The monoisotopic (exact) mass is 564 g/mol. The van der Waals surface area contributed by atoms with E-state index in [0.717, 1.165) is 0 Å². The summed E-state index contributed by atoms with van der Waals surface area (Å²) < 4.78 is 27.2. The van der Waals surface area contributed by atoms with Crippen molar-refractivity contribution in [1.82, 2.24) is 0 Å². The molecule has 0 aromatic rings. The topological polar surface area (TPSA) is 82.1 Å². The van der Waals surface area contributed by atoms with E-state index >= 15 is 0 Å². The van der Waals surface area contributed by atoms with Gasteiger partial charge in [0.15, 0.2) is 0 Å². The Kier molecular flexibility index (Phi) is 25.9. The first-order valence-corrected chi connectivity index (χ1v) is 16.9. The minimum atomic E-state index is -2.44. The molecule has 0 aromatic heterocycles. The van der Waals surface area contributed by atoms with Crippen molar-refractivity contribution in [3.8, 4) is 0 Å². The molecule has 6 nitrogen and oxygen atoms in total. The van der Waals surface area contributed by atoms with Gasteiger partial charge in [-0.2, -0.15) is 11.8 Å². The molecule has 0 aliphatic heterocycles. The van der Waals surface area contributed by atoms with Crippen LogP contribution in [0.1, 0.15) is 137 Å². The van der Waals surface area contributed by atoms with Crippen LogP contribution < -0.4 is 0 Å². The quantitative estimate of drug-likeness (QED) is 0.0440. The van der Waals surface area contributed by atoms with Crippen molar-refractivity contribution in [3.63, 3.8) is 0 Å². The molecule has 3 atom stereocenters. The molecule has 0 fully saturated rings. The molecule has 0 saturated carbocycles. The van der Waals surface area contributed by atoms with Crippen LogP contribution in [0.4, 0.5) is 0 Å². The lowest BCUT2D eigenvalue weighted by Gasteiger charge is -2.24. The molecular weight excluding hydrogens is 507 g/mol. The summed E-state index contributed by atoms with van der Waals surface area (Å²) in [5.74, 6) is 0.148. The average Bonchev–Trinajstić information content (AvgIpc) is 2.90. The van der Waals surface area contributed by atoms with Crippen molar-refractivity contribution in [2.45, 2.75) is 154 Å². The fourth-order valence-corrected chi connectivity index (χ4v) is 5.86. The van der Waals surface area contributed by atoms with E-state index in [0.29, 0.717) is 18.3 Å². The van der Waals surface area contributed by atoms with Gasteiger partial charge in [-0.05, 0) is 38.9 Å². The lowest BCUT2D eigenvalue weighted by Crippen LogP contribution is -2.38. The number of esters is 1. The predicted octanol–water partition coefficient (Wildman–Crippen LogP) is 8.68. The fraction of sp³-hybridized carbons (Fsp3) is 0.966. The first kappa shape index (κ1) is 36.8. The van der Waals surface area contributed by atoms with Gasteiger partial charge in [0.25, 0.3) is 0 Å². The summed E-state index contributed by atoms with van der Waals surface area (Å²) in [5, 5.41) is 10.5. The molecule has 1 N–H and O–H groups in total. The van der Waals surface area contributed by atoms with E-state index in [1.54, 1.807) is 6.92 Å². The van der Waals surface area contributed by atoms with Crippen LogP contribution in [0.3, 0.4) is 0 Å². The summed E-state index contributed by atoms with van der Waals surface area (Å²) in [7, 11) is -0.826. The molecule has 0 saturated heterocycles. The Morgan fingerprint density at radius 3 is 1.89 bits per heavy atom. The Morgan fingerprint density at radius 2 is 1.35 bits per heavy atom. The molecule has 8 heteroatoms. The molecular formula is C29H57O6PS. The third-order valence-electron chi connectivity index (χ3n) is 6.58. The van der Waals surface area contributed by atoms with Crippen LogP contribution >= 0.6 is 20.2 Å². The van der Waals surface area contributed by atoms with Gasteiger partial charge in [0.1, 0.15) is 0 Å². The molecule has 0 aromatic carbocycles. The van der Waals surface area contributed by atoms with Gasteiger partial charge in [0.2, 0.25) is 8.46 Å². The maximum Gasteiger partial charge on any atom is 0.379 e. The average molecular weight is 565 g/mol. The largest absolute Gasteiger partial charge is 0.461 e. The first-order chi connectivity index (χ1) is 17.9. The van der Waals surface area contributed by atoms with Crippen LogP contribution in [0.2, 0.25) is 0 Å². The summed E-state index contributed by atoms with van der Waals surface area (Å²) in [6.07, 6.45) is 21.7. The summed E-state index contributed by atoms with van der Waals surface area (Å²) in [6, 6.07) is 0. The zero-order valence-corrected chi connectivity index (χ0v) is 26.1. The van der Waals surface area contributed by atoms with Crippen molar-refractivity contribution in [2.75, 3.05) is 25.6 Å². The number of carbonyl (C=O) groups is 1. The maximum absolute atomic E-state index is 11.7. The molecule has 0 aliphatic carbocycles. The lowest BCUT2D eigenvalue weighted by molar-refractivity contribution is -0.196. The number of hydrogen-bond acceptors (Lipinski definition) is 7. The Morgan fingerprint density at radius 1 is 0.811 bits per heavy atom. The third kappa shape index (κ3) is 20.4. The van der Waals surface area contributed by atoms with Crippen molar-refractivity contribution in [2.24, 2.45) is 0 Å². The SMILES string of the molecule is CCCCCCCCCCSC(CCCCCCCCC)C(C)OCCCOC(O)(P=O)C(=O)OCC. The molecule has 220 valence electrons. The van der Waals surface area contributed by atoms with E-state index in [9.17, 15) is 14.5 Å². The molecule has 0 amide bonds. The van der Waals surface area contributed by atoms with Gasteiger partial charge in [-0.15, -0.1) is 0 Å². The highest BCUT2D eigenvalue weighted by Crippen LogP contribution is 2.26. The smallest absolute Gasteiger partial charge is 0.379 e. The van der Waals surface area contributed by atoms with Crippen LogP contribution in [0.15, 0.2) is 0 Å². The van der Waals surface area contributed by atoms with Gasteiger partial charge in [-0.3, -0.25) is 4.57 Å².